The Bertz CT molecular complexity index is 731. The summed E-state index contributed by atoms with van der Waals surface area (Å²) in [6.07, 6.45) is 2.05. The molecule has 2 heterocycles. The van der Waals surface area contributed by atoms with Crippen molar-refractivity contribution in [3.8, 4) is 0 Å². The number of halogens is 1. The van der Waals surface area contributed by atoms with Crippen molar-refractivity contribution in [2.24, 2.45) is 0 Å². The molecule has 3 aromatic rings. The molecule has 0 radical (unpaired) electrons. The lowest BCUT2D eigenvalue weighted by atomic mass is 10.2. The van der Waals surface area contributed by atoms with E-state index >= 15 is 0 Å². The van der Waals surface area contributed by atoms with E-state index in [2.05, 4.69) is 45.7 Å². The van der Waals surface area contributed by atoms with Gasteiger partial charge >= 0.3 is 0 Å². The Morgan fingerprint density at radius 2 is 2.20 bits per heavy atom. The van der Waals surface area contributed by atoms with E-state index in [1.54, 1.807) is 29.0 Å². The number of hydrogen-bond acceptors (Lipinski definition) is 6. The van der Waals surface area contributed by atoms with Crippen LogP contribution in [-0.4, -0.2) is 21.4 Å². The summed E-state index contributed by atoms with van der Waals surface area (Å²) in [5.41, 5.74) is 3.69. The van der Waals surface area contributed by atoms with Gasteiger partial charge < -0.3 is 0 Å². The monoisotopic (exact) mass is 339 g/mol. The van der Waals surface area contributed by atoms with Crippen LogP contribution in [0.1, 0.15) is 5.56 Å². The molecule has 0 aliphatic heterocycles. The van der Waals surface area contributed by atoms with Crippen LogP contribution in [-0.2, 0) is 5.75 Å². The van der Waals surface area contributed by atoms with Gasteiger partial charge in [0.1, 0.15) is 10.7 Å². The summed E-state index contributed by atoms with van der Waals surface area (Å²) in [4.78, 5) is 5.68. The van der Waals surface area contributed by atoms with Gasteiger partial charge in [0.25, 0.3) is 0 Å². The molecule has 1 aromatic carbocycles. The molecule has 0 aliphatic carbocycles. The highest BCUT2D eigenvalue weighted by atomic mass is 35.5. The fourth-order valence-corrected chi connectivity index (χ4v) is 3.95. The Balaban J connectivity index is 1.89. The molecule has 0 atom stereocenters. The molecule has 102 valence electrons. The maximum atomic E-state index is 6.28. The van der Waals surface area contributed by atoms with Gasteiger partial charge in [0.2, 0.25) is 0 Å². The molecule has 3 rings (SSSR count). The van der Waals surface area contributed by atoms with Crippen LogP contribution in [0.4, 0.5) is 0 Å². The lowest BCUT2D eigenvalue weighted by Gasteiger charge is -2.06. The van der Waals surface area contributed by atoms with E-state index in [1.807, 2.05) is 0 Å². The Morgan fingerprint density at radius 3 is 2.95 bits per heavy atom. The second-order valence-corrected chi connectivity index (χ2v) is 7.28. The van der Waals surface area contributed by atoms with Gasteiger partial charge in [-0.2, -0.15) is 0 Å². The fraction of sp³-hybridized carbons (Fsp3) is 0.154. The van der Waals surface area contributed by atoms with Crippen LogP contribution in [0.2, 0.25) is 5.15 Å². The summed E-state index contributed by atoms with van der Waals surface area (Å²) in [5, 5.41) is 9.51. The first-order valence-electron chi connectivity index (χ1n) is 5.78. The zero-order valence-electron chi connectivity index (χ0n) is 10.5. The number of thioether (sulfide) groups is 2. The van der Waals surface area contributed by atoms with Crippen molar-refractivity contribution in [3.63, 3.8) is 0 Å². The second-order valence-electron chi connectivity index (χ2n) is 3.99. The first-order valence-corrected chi connectivity index (χ1v) is 9.25. The van der Waals surface area contributed by atoms with Crippen molar-refractivity contribution in [2.75, 3.05) is 6.26 Å². The summed E-state index contributed by atoms with van der Waals surface area (Å²) >= 11 is 11.1. The third-order valence-corrected chi connectivity index (χ3v) is 5.70. The zero-order chi connectivity index (χ0) is 13.9. The first-order chi connectivity index (χ1) is 9.76. The summed E-state index contributed by atoms with van der Waals surface area (Å²) in [6.45, 7) is 0. The fourth-order valence-electron chi connectivity index (χ4n) is 1.76. The molecule has 0 unspecified atom stereocenters. The minimum absolute atomic E-state index is 0.563. The molecule has 2 aromatic heterocycles. The average Bonchev–Trinajstić information content (AvgIpc) is 2.97. The van der Waals surface area contributed by atoms with E-state index in [4.69, 9.17) is 11.6 Å². The number of nitrogens with zero attached hydrogens (tertiary/aromatic N) is 3. The van der Waals surface area contributed by atoms with Crippen LogP contribution in [0, 0.1) is 0 Å². The molecular weight excluding hydrogens is 330 g/mol. The van der Waals surface area contributed by atoms with E-state index in [0.29, 0.717) is 5.15 Å². The van der Waals surface area contributed by atoms with Crippen molar-refractivity contribution in [2.45, 2.75) is 15.0 Å². The number of benzene rings is 1. The number of aromatic nitrogens is 3. The van der Waals surface area contributed by atoms with Gasteiger partial charge in [-0.25, -0.2) is 4.98 Å². The molecule has 20 heavy (non-hydrogen) atoms. The van der Waals surface area contributed by atoms with Gasteiger partial charge in [0.05, 0.1) is 5.52 Å². The van der Waals surface area contributed by atoms with Gasteiger partial charge in [-0.1, -0.05) is 40.8 Å². The van der Waals surface area contributed by atoms with Gasteiger partial charge in [-0.05, 0) is 24.5 Å². The quantitative estimate of drug-likeness (QED) is 0.506. The SMILES string of the molecule is CSc1ccc2cc(CSc3nncs3)c(Cl)nc2c1. The predicted molar refractivity (Wildman–Crippen MR) is 88.0 cm³/mol. The molecule has 0 saturated heterocycles. The largest absolute Gasteiger partial charge is 0.236 e. The standard InChI is InChI=1S/C13H10ClN3S3/c1-18-10-3-2-8-4-9(12(14)16-11(8)5-10)6-19-13-17-15-7-20-13/h2-5,7H,6H2,1H3. The minimum atomic E-state index is 0.563. The lowest BCUT2D eigenvalue weighted by molar-refractivity contribution is 1.01. The van der Waals surface area contributed by atoms with E-state index < -0.39 is 0 Å². The Hall–Kier alpha value is -0.820. The highest BCUT2D eigenvalue weighted by Gasteiger charge is 2.07. The molecule has 0 aliphatic rings. The van der Waals surface area contributed by atoms with E-state index in [-0.39, 0.29) is 0 Å². The van der Waals surface area contributed by atoms with Gasteiger partial charge in [-0.15, -0.1) is 22.0 Å². The molecule has 3 nitrogen and oxygen atoms in total. The number of fused-ring (bicyclic) bond motifs is 1. The summed E-state index contributed by atoms with van der Waals surface area (Å²) in [6, 6.07) is 8.35. The summed E-state index contributed by atoms with van der Waals surface area (Å²) in [5.74, 6) is 0.751. The molecule has 7 heteroatoms. The predicted octanol–water partition coefficient (Wildman–Crippen LogP) is 4.75. The zero-order valence-corrected chi connectivity index (χ0v) is 13.7. The van der Waals surface area contributed by atoms with Crippen LogP contribution in [0.5, 0.6) is 0 Å². The van der Waals surface area contributed by atoms with Crippen LogP contribution in [0.3, 0.4) is 0 Å². The maximum Gasteiger partial charge on any atom is 0.174 e. The molecule has 0 amide bonds. The van der Waals surface area contributed by atoms with E-state index in [9.17, 15) is 0 Å². The molecule has 0 saturated carbocycles. The molecular formula is C13H10ClN3S3. The average molecular weight is 340 g/mol. The molecule has 0 fully saturated rings. The van der Waals surface area contributed by atoms with Crippen LogP contribution in [0.15, 0.2) is 39.0 Å². The third kappa shape index (κ3) is 3.09. The number of hydrogen-bond donors (Lipinski definition) is 0. The highest BCUT2D eigenvalue weighted by molar-refractivity contribution is 8.00. The second kappa shape index (κ2) is 6.30. The topological polar surface area (TPSA) is 38.7 Å². The van der Waals surface area contributed by atoms with Crippen molar-refractivity contribution in [3.05, 3.63) is 40.5 Å². The Labute approximate surface area is 134 Å². The van der Waals surface area contributed by atoms with E-state index in [0.717, 1.165) is 26.6 Å². The van der Waals surface area contributed by atoms with Crippen LogP contribution in [0.25, 0.3) is 10.9 Å². The van der Waals surface area contributed by atoms with Gasteiger partial charge in [-0.3, -0.25) is 0 Å². The highest BCUT2D eigenvalue weighted by Crippen LogP contribution is 2.30. The van der Waals surface area contributed by atoms with Crippen molar-refractivity contribution < 1.29 is 0 Å². The normalized spacial score (nSPS) is 11.1. The van der Waals surface area contributed by atoms with E-state index in [1.165, 1.54) is 16.2 Å². The maximum absolute atomic E-state index is 6.28. The van der Waals surface area contributed by atoms with Crippen LogP contribution < -0.4 is 0 Å². The van der Waals surface area contributed by atoms with Crippen molar-refractivity contribution in [1.82, 2.24) is 15.2 Å². The Kier molecular flexibility index (Phi) is 4.45. The van der Waals surface area contributed by atoms with Crippen molar-refractivity contribution >= 4 is 57.4 Å². The molecule has 0 bridgehead atoms. The first kappa shape index (κ1) is 14.1. The lowest BCUT2D eigenvalue weighted by Crippen LogP contribution is -1.89. The number of pyridine rings is 1. The number of rotatable bonds is 4. The minimum Gasteiger partial charge on any atom is -0.236 e. The van der Waals surface area contributed by atoms with Crippen molar-refractivity contribution in [1.29, 1.82) is 0 Å². The van der Waals surface area contributed by atoms with Crippen LogP contribution >= 0.6 is 46.5 Å². The Morgan fingerprint density at radius 1 is 1.30 bits per heavy atom. The van der Waals surface area contributed by atoms with Gasteiger partial charge in [0.15, 0.2) is 4.34 Å². The summed E-state index contributed by atoms with van der Waals surface area (Å²) < 4.78 is 0.943. The summed E-state index contributed by atoms with van der Waals surface area (Å²) in [7, 11) is 0. The van der Waals surface area contributed by atoms with Gasteiger partial charge in [0, 0.05) is 21.6 Å². The third-order valence-electron chi connectivity index (χ3n) is 2.74. The molecule has 0 N–H and O–H groups in total. The smallest absolute Gasteiger partial charge is 0.174 e. The molecule has 0 spiro atoms.